The van der Waals surface area contributed by atoms with E-state index in [2.05, 4.69) is 42.2 Å². The topological polar surface area (TPSA) is 80.3 Å². The molecule has 8 heteroatoms. The third-order valence-corrected chi connectivity index (χ3v) is 6.15. The molecule has 0 aliphatic carbocycles. The van der Waals surface area contributed by atoms with Crippen LogP contribution >= 0.6 is 23.1 Å². The molecule has 0 aliphatic heterocycles. The van der Waals surface area contributed by atoms with Gasteiger partial charge in [0.05, 0.1) is 11.1 Å². The van der Waals surface area contributed by atoms with Crippen molar-refractivity contribution in [1.82, 2.24) is 24.7 Å². The van der Waals surface area contributed by atoms with E-state index in [4.69, 9.17) is 9.97 Å². The van der Waals surface area contributed by atoms with Gasteiger partial charge in [0.25, 0.3) is 0 Å². The van der Waals surface area contributed by atoms with Gasteiger partial charge < -0.3 is 0 Å². The minimum absolute atomic E-state index is 0.218. The van der Waals surface area contributed by atoms with Gasteiger partial charge in [-0.1, -0.05) is 18.2 Å². The summed E-state index contributed by atoms with van der Waals surface area (Å²) >= 11 is 3.33. The molecule has 128 valence electrons. The van der Waals surface area contributed by atoms with Crippen molar-refractivity contribution in [1.29, 1.82) is 5.26 Å². The Bertz CT molecular complexity index is 1120. The number of rotatable bonds is 4. The van der Waals surface area contributed by atoms with Crippen molar-refractivity contribution >= 4 is 33.3 Å². The third-order valence-electron chi connectivity index (χ3n) is 4.04. The van der Waals surface area contributed by atoms with E-state index in [1.165, 1.54) is 16.1 Å². The Balaban J connectivity index is 1.82. The van der Waals surface area contributed by atoms with Crippen LogP contribution in [0.5, 0.6) is 0 Å². The molecule has 0 N–H and O–H groups in total. The number of benzene rings is 1. The van der Waals surface area contributed by atoms with Crippen molar-refractivity contribution in [2.45, 2.75) is 24.5 Å². The van der Waals surface area contributed by atoms with Crippen molar-refractivity contribution in [3.8, 4) is 11.9 Å². The first-order chi connectivity index (χ1) is 12.7. The molecule has 3 heterocycles. The van der Waals surface area contributed by atoms with Crippen molar-refractivity contribution in [2.24, 2.45) is 0 Å². The zero-order chi connectivity index (χ0) is 18.1. The number of nitriles is 1. The SMILES string of the molecule is Cc1sc2nc(CSc3ccccc3)nc(-n3cnnc3C#N)c2c1C. The molecule has 0 radical (unpaired) electrons. The maximum Gasteiger partial charge on any atom is 0.240 e. The van der Waals surface area contributed by atoms with Crippen LogP contribution in [-0.4, -0.2) is 24.7 Å². The van der Waals surface area contributed by atoms with E-state index in [1.54, 1.807) is 27.7 Å². The largest absolute Gasteiger partial charge is 0.256 e. The van der Waals surface area contributed by atoms with Crippen LogP contribution in [0.15, 0.2) is 41.6 Å². The third kappa shape index (κ3) is 2.96. The first kappa shape index (κ1) is 16.7. The minimum atomic E-state index is 0.218. The van der Waals surface area contributed by atoms with Crippen molar-refractivity contribution in [2.75, 3.05) is 0 Å². The van der Waals surface area contributed by atoms with Crippen LogP contribution in [0.3, 0.4) is 0 Å². The standard InChI is InChI=1S/C18H14N6S2/c1-11-12(2)26-18-16(11)17(24-10-20-23-15(24)8-19)21-14(22-18)9-25-13-6-4-3-5-7-13/h3-7,10H,9H2,1-2H3. The van der Waals surface area contributed by atoms with E-state index in [1.807, 2.05) is 18.2 Å². The van der Waals surface area contributed by atoms with Gasteiger partial charge in [-0.15, -0.1) is 33.3 Å². The zero-order valence-electron chi connectivity index (χ0n) is 14.2. The van der Waals surface area contributed by atoms with E-state index in [9.17, 15) is 5.26 Å². The second-order valence-corrected chi connectivity index (χ2v) is 7.92. The summed E-state index contributed by atoms with van der Waals surface area (Å²) in [6.45, 7) is 4.12. The fourth-order valence-electron chi connectivity index (χ4n) is 2.64. The Morgan fingerprint density at radius 1 is 1.19 bits per heavy atom. The second kappa shape index (κ2) is 6.86. The molecule has 0 spiro atoms. The number of nitrogens with zero attached hydrogens (tertiary/aromatic N) is 6. The molecule has 0 amide bonds. The van der Waals surface area contributed by atoms with Crippen LogP contribution in [0.4, 0.5) is 0 Å². The Labute approximate surface area is 158 Å². The van der Waals surface area contributed by atoms with Gasteiger partial charge in [-0.05, 0) is 31.5 Å². The molecule has 0 unspecified atom stereocenters. The lowest BCUT2D eigenvalue weighted by atomic mass is 10.2. The molecule has 3 aromatic heterocycles. The smallest absolute Gasteiger partial charge is 0.240 e. The quantitative estimate of drug-likeness (QED) is 0.498. The van der Waals surface area contributed by atoms with Gasteiger partial charge in [0.15, 0.2) is 5.82 Å². The highest BCUT2D eigenvalue weighted by atomic mass is 32.2. The van der Waals surface area contributed by atoms with Crippen LogP contribution < -0.4 is 0 Å². The summed E-state index contributed by atoms with van der Waals surface area (Å²) in [6.07, 6.45) is 1.53. The molecule has 0 bridgehead atoms. The van der Waals surface area contributed by atoms with E-state index in [0.717, 1.165) is 21.6 Å². The van der Waals surface area contributed by atoms with E-state index < -0.39 is 0 Å². The highest BCUT2D eigenvalue weighted by Gasteiger charge is 2.18. The lowest BCUT2D eigenvalue weighted by Crippen LogP contribution is -2.05. The average molecular weight is 378 g/mol. The fourth-order valence-corrected chi connectivity index (χ4v) is 4.46. The summed E-state index contributed by atoms with van der Waals surface area (Å²) in [5, 5.41) is 18.0. The highest BCUT2D eigenvalue weighted by molar-refractivity contribution is 7.98. The molecule has 4 rings (SSSR count). The van der Waals surface area contributed by atoms with Gasteiger partial charge in [-0.25, -0.2) is 9.97 Å². The molecule has 0 saturated carbocycles. The Morgan fingerprint density at radius 3 is 2.77 bits per heavy atom. The molecule has 6 nitrogen and oxygen atoms in total. The van der Waals surface area contributed by atoms with Gasteiger partial charge in [-0.2, -0.15) is 5.26 Å². The molecule has 4 aromatic rings. The first-order valence-corrected chi connectivity index (χ1v) is 9.72. The number of aromatic nitrogens is 5. The molecular formula is C18H14N6S2. The highest BCUT2D eigenvalue weighted by Crippen LogP contribution is 2.33. The van der Waals surface area contributed by atoms with Crippen LogP contribution in [0.1, 0.15) is 22.1 Å². The van der Waals surface area contributed by atoms with Crippen LogP contribution in [0.2, 0.25) is 0 Å². The summed E-state index contributed by atoms with van der Waals surface area (Å²) < 4.78 is 1.64. The average Bonchev–Trinajstić information content (AvgIpc) is 3.25. The lowest BCUT2D eigenvalue weighted by molar-refractivity contribution is 0.939. The van der Waals surface area contributed by atoms with Crippen LogP contribution in [-0.2, 0) is 5.75 Å². The predicted molar refractivity (Wildman–Crippen MR) is 103 cm³/mol. The zero-order valence-corrected chi connectivity index (χ0v) is 15.8. The molecule has 0 saturated heterocycles. The van der Waals surface area contributed by atoms with Gasteiger partial charge in [0.2, 0.25) is 5.82 Å². The first-order valence-electron chi connectivity index (χ1n) is 7.92. The number of fused-ring (bicyclic) bond motifs is 1. The maximum atomic E-state index is 9.32. The Kier molecular flexibility index (Phi) is 4.41. The predicted octanol–water partition coefficient (Wildman–Crippen LogP) is 4.05. The van der Waals surface area contributed by atoms with E-state index in [0.29, 0.717) is 11.6 Å². The van der Waals surface area contributed by atoms with Crippen molar-refractivity contribution in [3.05, 3.63) is 58.7 Å². The normalized spacial score (nSPS) is 11.0. The molecular weight excluding hydrogens is 364 g/mol. The number of hydrogen-bond donors (Lipinski definition) is 0. The summed E-state index contributed by atoms with van der Waals surface area (Å²) in [7, 11) is 0. The van der Waals surface area contributed by atoms with Crippen molar-refractivity contribution < 1.29 is 0 Å². The number of aryl methyl sites for hydroxylation is 2. The number of hydrogen-bond acceptors (Lipinski definition) is 7. The van der Waals surface area contributed by atoms with Crippen LogP contribution in [0, 0.1) is 25.2 Å². The number of thioether (sulfide) groups is 1. The van der Waals surface area contributed by atoms with Crippen molar-refractivity contribution in [3.63, 3.8) is 0 Å². The van der Waals surface area contributed by atoms with Gasteiger partial charge in [-0.3, -0.25) is 4.57 Å². The second-order valence-electron chi connectivity index (χ2n) is 5.66. The van der Waals surface area contributed by atoms with Gasteiger partial charge in [0.1, 0.15) is 23.1 Å². The maximum absolute atomic E-state index is 9.32. The van der Waals surface area contributed by atoms with E-state index in [-0.39, 0.29) is 5.82 Å². The van der Waals surface area contributed by atoms with E-state index >= 15 is 0 Å². The molecule has 0 fully saturated rings. The summed E-state index contributed by atoms with van der Waals surface area (Å²) in [5.41, 5.74) is 1.12. The number of thiophene rings is 1. The summed E-state index contributed by atoms with van der Waals surface area (Å²) in [4.78, 5) is 12.8. The molecule has 1 aromatic carbocycles. The molecule has 0 aliphatic rings. The monoisotopic (exact) mass is 378 g/mol. The summed E-state index contributed by atoms with van der Waals surface area (Å²) in [5.74, 6) is 2.25. The molecule has 0 atom stereocenters. The Morgan fingerprint density at radius 2 is 2.00 bits per heavy atom. The summed E-state index contributed by atoms with van der Waals surface area (Å²) in [6, 6.07) is 12.2. The Hall–Kier alpha value is -2.76. The minimum Gasteiger partial charge on any atom is -0.256 e. The van der Waals surface area contributed by atoms with Crippen LogP contribution in [0.25, 0.3) is 16.0 Å². The fraction of sp³-hybridized carbons (Fsp3) is 0.167. The lowest BCUT2D eigenvalue weighted by Gasteiger charge is -2.08. The van der Waals surface area contributed by atoms with Gasteiger partial charge >= 0.3 is 0 Å². The molecule has 26 heavy (non-hydrogen) atoms. The van der Waals surface area contributed by atoms with Gasteiger partial charge in [0, 0.05) is 9.77 Å².